The standard InChI is InChI=1S/C15H23ClFN/c1-3-10-18-14(4-2)7-5-6-12-8-9-13(17)11-15(12)16/h8-9,11,14,18H,3-7,10H2,1-2H3. The van der Waals surface area contributed by atoms with Crippen molar-refractivity contribution in [1.29, 1.82) is 0 Å². The van der Waals surface area contributed by atoms with Crippen LogP contribution >= 0.6 is 11.6 Å². The molecule has 0 aliphatic heterocycles. The van der Waals surface area contributed by atoms with Crippen molar-refractivity contribution in [3.05, 3.63) is 34.6 Å². The summed E-state index contributed by atoms with van der Waals surface area (Å²) in [5.41, 5.74) is 1.04. The van der Waals surface area contributed by atoms with Crippen LogP contribution in [0.3, 0.4) is 0 Å². The van der Waals surface area contributed by atoms with Gasteiger partial charge in [0.1, 0.15) is 5.82 Å². The summed E-state index contributed by atoms with van der Waals surface area (Å²) in [6.07, 6.45) is 5.46. The molecule has 0 saturated heterocycles. The van der Waals surface area contributed by atoms with Crippen molar-refractivity contribution in [2.75, 3.05) is 6.54 Å². The third kappa shape index (κ3) is 5.36. The first kappa shape index (κ1) is 15.5. The summed E-state index contributed by atoms with van der Waals surface area (Å²) in [6.45, 7) is 5.46. The van der Waals surface area contributed by atoms with Gasteiger partial charge in [-0.1, -0.05) is 31.5 Å². The summed E-state index contributed by atoms with van der Waals surface area (Å²) in [5.74, 6) is -0.264. The van der Waals surface area contributed by atoms with Gasteiger partial charge in [0.2, 0.25) is 0 Å². The highest BCUT2D eigenvalue weighted by molar-refractivity contribution is 6.31. The summed E-state index contributed by atoms with van der Waals surface area (Å²) < 4.78 is 12.9. The van der Waals surface area contributed by atoms with Crippen molar-refractivity contribution in [1.82, 2.24) is 5.32 Å². The average molecular weight is 272 g/mol. The first-order valence-electron chi connectivity index (χ1n) is 6.84. The van der Waals surface area contributed by atoms with Gasteiger partial charge in [-0.2, -0.15) is 0 Å². The van der Waals surface area contributed by atoms with E-state index in [1.807, 2.05) is 0 Å². The quantitative estimate of drug-likeness (QED) is 0.730. The summed E-state index contributed by atoms with van der Waals surface area (Å²) in [7, 11) is 0. The van der Waals surface area contributed by atoms with Gasteiger partial charge in [0.05, 0.1) is 0 Å². The fraction of sp³-hybridized carbons (Fsp3) is 0.600. The van der Waals surface area contributed by atoms with E-state index in [1.165, 1.54) is 18.6 Å². The molecular weight excluding hydrogens is 249 g/mol. The molecule has 1 unspecified atom stereocenters. The van der Waals surface area contributed by atoms with Crippen molar-refractivity contribution in [2.45, 2.75) is 52.0 Å². The third-order valence-electron chi connectivity index (χ3n) is 3.19. The van der Waals surface area contributed by atoms with Gasteiger partial charge in [0.15, 0.2) is 0 Å². The Hall–Kier alpha value is -0.600. The van der Waals surface area contributed by atoms with Gasteiger partial charge in [-0.05, 0) is 56.3 Å². The van der Waals surface area contributed by atoms with Crippen LogP contribution in [0.4, 0.5) is 4.39 Å². The topological polar surface area (TPSA) is 12.0 Å². The van der Waals surface area contributed by atoms with E-state index in [0.29, 0.717) is 11.1 Å². The van der Waals surface area contributed by atoms with Gasteiger partial charge in [-0.25, -0.2) is 4.39 Å². The number of halogens is 2. The second-order valence-electron chi connectivity index (χ2n) is 4.69. The molecule has 0 aromatic heterocycles. The highest BCUT2D eigenvalue weighted by atomic mass is 35.5. The predicted octanol–water partition coefficient (Wildman–Crippen LogP) is 4.58. The minimum Gasteiger partial charge on any atom is -0.314 e. The fourth-order valence-corrected chi connectivity index (χ4v) is 2.32. The molecule has 0 fully saturated rings. The zero-order valence-electron chi connectivity index (χ0n) is 11.3. The third-order valence-corrected chi connectivity index (χ3v) is 3.54. The molecule has 1 aromatic carbocycles. The molecule has 0 aliphatic carbocycles. The average Bonchev–Trinajstić information content (AvgIpc) is 2.36. The molecule has 0 saturated carbocycles. The Morgan fingerprint density at radius 2 is 2.11 bits per heavy atom. The maximum atomic E-state index is 12.9. The zero-order chi connectivity index (χ0) is 13.4. The van der Waals surface area contributed by atoms with E-state index >= 15 is 0 Å². The number of nitrogens with one attached hydrogen (secondary N) is 1. The Labute approximate surface area is 115 Å². The van der Waals surface area contributed by atoms with Crippen LogP contribution in [0.15, 0.2) is 18.2 Å². The minimum atomic E-state index is -0.264. The maximum Gasteiger partial charge on any atom is 0.124 e. The molecule has 1 N–H and O–H groups in total. The first-order chi connectivity index (χ1) is 8.67. The van der Waals surface area contributed by atoms with Gasteiger partial charge in [0.25, 0.3) is 0 Å². The van der Waals surface area contributed by atoms with E-state index < -0.39 is 0 Å². The molecule has 0 heterocycles. The van der Waals surface area contributed by atoms with Crippen LogP contribution in [0, 0.1) is 5.82 Å². The minimum absolute atomic E-state index is 0.264. The van der Waals surface area contributed by atoms with Crippen molar-refractivity contribution in [3.8, 4) is 0 Å². The molecule has 0 radical (unpaired) electrons. The van der Waals surface area contributed by atoms with Crippen LogP contribution in [0.2, 0.25) is 5.02 Å². The lowest BCUT2D eigenvalue weighted by Gasteiger charge is -2.16. The first-order valence-corrected chi connectivity index (χ1v) is 7.22. The largest absolute Gasteiger partial charge is 0.314 e. The van der Waals surface area contributed by atoms with Crippen molar-refractivity contribution in [3.63, 3.8) is 0 Å². The molecule has 1 rings (SSSR count). The summed E-state index contributed by atoms with van der Waals surface area (Å²) in [6, 6.07) is 5.25. The lowest BCUT2D eigenvalue weighted by molar-refractivity contribution is 0.456. The Kier molecular flexibility index (Phi) is 7.29. The number of hydrogen-bond donors (Lipinski definition) is 1. The smallest absolute Gasteiger partial charge is 0.124 e. The normalized spacial score (nSPS) is 12.7. The van der Waals surface area contributed by atoms with Crippen LogP contribution in [-0.2, 0) is 6.42 Å². The lowest BCUT2D eigenvalue weighted by atomic mass is 10.0. The molecule has 0 bridgehead atoms. The summed E-state index contributed by atoms with van der Waals surface area (Å²) >= 11 is 6.01. The highest BCUT2D eigenvalue weighted by Crippen LogP contribution is 2.19. The molecular formula is C15H23ClFN. The Balaban J connectivity index is 2.35. The second-order valence-corrected chi connectivity index (χ2v) is 5.09. The van der Waals surface area contributed by atoms with Gasteiger partial charge < -0.3 is 5.32 Å². The zero-order valence-corrected chi connectivity index (χ0v) is 12.1. The van der Waals surface area contributed by atoms with Crippen LogP contribution in [-0.4, -0.2) is 12.6 Å². The summed E-state index contributed by atoms with van der Waals surface area (Å²) in [4.78, 5) is 0. The number of rotatable bonds is 8. The molecule has 1 aromatic rings. The van der Waals surface area contributed by atoms with E-state index in [4.69, 9.17) is 11.6 Å². The predicted molar refractivity (Wildman–Crippen MR) is 76.7 cm³/mol. The van der Waals surface area contributed by atoms with Gasteiger partial charge in [-0.3, -0.25) is 0 Å². The Morgan fingerprint density at radius 3 is 2.72 bits per heavy atom. The molecule has 1 nitrogen and oxygen atoms in total. The van der Waals surface area contributed by atoms with Gasteiger partial charge in [-0.15, -0.1) is 0 Å². The van der Waals surface area contributed by atoms with E-state index in [-0.39, 0.29) is 5.82 Å². The van der Waals surface area contributed by atoms with Crippen molar-refractivity contribution in [2.24, 2.45) is 0 Å². The number of hydrogen-bond acceptors (Lipinski definition) is 1. The van der Waals surface area contributed by atoms with Crippen molar-refractivity contribution >= 4 is 11.6 Å². The Bertz CT molecular complexity index is 354. The SMILES string of the molecule is CCCNC(CC)CCCc1ccc(F)cc1Cl. The second kappa shape index (κ2) is 8.49. The molecule has 0 aliphatic rings. The van der Waals surface area contributed by atoms with E-state index in [1.54, 1.807) is 6.07 Å². The Morgan fingerprint density at radius 1 is 1.33 bits per heavy atom. The number of aryl methyl sites for hydroxylation is 1. The maximum absolute atomic E-state index is 12.9. The van der Waals surface area contributed by atoms with Gasteiger partial charge in [0, 0.05) is 11.1 Å². The van der Waals surface area contributed by atoms with E-state index in [0.717, 1.165) is 37.8 Å². The van der Waals surface area contributed by atoms with Crippen LogP contribution in [0.5, 0.6) is 0 Å². The molecule has 0 spiro atoms. The van der Waals surface area contributed by atoms with Crippen molar-refractivity contribution < 1.29 is 4.39 Å². The highest BCUT2D eigenvalue weighted by Gasteiger charge is 2.06. The number of benzene rings is 1. The molecule has 102 valence electrons. The molecule has 3 heteroatoms. The van der Waals surface area contributed by atoms with E-state index in [2.05, 4.69) is 19.2 Å². The molecule has 1 atom stereocenters. The van der Waals surface area contributed by atoms with E-state index in [9.17, 15) is 4.39 Å². The molecule has 18 heavy (non-hydrogen) atoms. The summed E-state index contributed by atoms with van der Waals surface area (Å²) in [5, 5.41) is 4.08. The van der Waals surface area contributed by atoms with Crippen LogP contribution in [0.25, 0.3) is 0 Å². The molecule has 0 amide bonds. The van der Waals surface area contributed by atoms with Gasteiger partial charge >= 0.3 is 0 Å². The van der Waals surface area contributed by atoms with Crippen LogP contribution in [0.1, 0.15) is 45.1 Å². The lowest BCUT2D eigenvalue weighted by Crippen LogP contribution is -2.29. The fourth-order valence-electron chi connectivity index (χ4n) is 2.06. The monoisotopic (exact) mass is 271 g/mol. The van der Waals surface area contributed by atoms with Crippen LogP contribution < -0.4 is 5.32 Å².